The van der Waals surface area contributed by atoms with Gasteiger partial charge in [0.25, 0.3) is 0 Å². The molecule has 2 amide bonds. The van der Waals surface area contributed by atoms with Crippen molar-refractivity contribution in [2.75, 3.05) is 37.1 Å². The molecule has 0 fully saturated rings. The highest BCUT2D eigenvalue weighted by Crippen LogP contribution is 2.21. The third-order valence-corrected chi connectivity index (χ3v) is 3.57. The number of carbonyl (C=O) groups is 2. The second-order valence-corrected chi connectivity index (χ2v) is 5.35. The average Bonchev–Trinajstić information content (AvgIpc) is 2.71. The Labute approximate surface area is 156 Å². The molecule has 8 nitrogen and oxygen atoms in total. The monoisotopic (exact) mass is 369 g/mol. The number of aliphatic hydroxyl groups is 1. The average molecular weight is 369 g/mol. The lowest BCUT2D eigenvalue weighted by Gasteiger charge is -2.22. The van der Waals surface area contributed by atoms with Crippen molar-refractivity contribution in [2.45, 2.75) is 0 Å². The lowest BCUT2D eigenvalue weighted by molar-refractivity contribution is -0.142. The maximum absolute atomic E-state index is 12.5. The van der Waals surface area contributed by atoms with Gasteiger partial charge in [-0.2, -0.15) is 5.26 Å². The quantitative estimate of drug-likeness (QED) is 0.723. The smallest absolute Gasteiger partial charge is 0.343 e. The van der Waals surface area contributed by atoms with E-state index in [2.05, 4.69) is 10.1 Å². The minimum absolute atomic E-state index is 0.0878. The lowest BCUT2D eigenvalue weighted by Crippen LogP contribution is -2.37. The van der Waals surface area contributed by atoms with Crippen LogP contribution in [0.3, 0.4) is 0 Å². The number of benzene rings is 2. The normalized spacial score (nSPS) is 9.81. The summed E-state index contributed by atoms with van der Waals surface area (Å²) in [5.41, 5.74) is 1.56. The minimum Gasteiger partial charge on any atom is -0.482 e. The zero-order chi connectivity index (χ0) is 19.6. The molecule has 2 N–H and O–H groups in total. The first-order valence-electron chi connectivity index (χ1n) is 8.06. The lowest BCUT2D eigenvalue weighted by atomic mass is 10.2. The molecule has 0 atom stereocenters. The van der Waals surface area contributed by atoms with E-state index in [1.54, 1.807) is 48.5 Å². The Kier molecular flexibility index (Phi) is 7.16. The topological polar surface area (TPSA) is 112 Å². The number of urea groups is 1. The fourth-order valence-electron chi connectivity index (χ4n) is 2.19. The Morgan fingerprint density at radius 1 is 1.15 bits per heavy atom. The van der Waals surface area contributed by atoms with Gasteiger partial charge in [-0.3, -0.25) is 4.90 Å². The fraction of sp³-hybridized carbons (Fsp3) is 0.211. The number of ether oxygens (including phenoxy) is 2. The summed E-state index contributed by atoms with van der Waals surface area (Å²) in [7, 11) is 1.27. The summed E-state index contributed by atoms with van der Waals surface area (Å²) in [6.07, 6.45) is 0. The molecule has 8 heteroatoms. The molecule has 0 bridgehead atoms. The highest BCUT2D eigenvalue weighted by atomic mass is 16.6. The summed E-state index contributed by atoms with van der Waals surface area (Å²) >= 11 is 0. The molecule has 0 heterocycles. The van der Waals surface area contributed by atoms with Gasteiger partial charge in [-0.25, -0.2) is 9.59 Å². The molecule has 0 saturated carbocycles. The molecule has 0 aliphatic rings. The number of carbonyl (C=O) groups excluding carboxylic acids is 2. The third-order valence-electron chi connectivity index (χ3n) is 3.57. The molecule has 0 aromatic heterocycles. The Balaban J connectivity index is 2.07. The van der Waals surface area contributed by atoms with Crippen molar-refractivity contribution < 1.29 is 24.2 Å². The van der Waals surface area contributed by atoms with E-state index in [9.17, 15) is 14.7 Å². The van der Waals surface area contributed by atoms with Gasteiger partial charge in [0, 0.05) is 11.4 Å². The van der Waals surface area contributed by atoms with Crippen LogP contribution in [-0.4, -0.2) is 44.0 Å². The molecular weight excluding hydrogens is 350 g/mol. The van der Waals surface area contributed by atoms with Crippen LogP contribution in [0.15, 0.2) is 48.5 Å². The first-order valence-corrected chi connectivity index (χ1v) is 8.06. The highest BCUT2D eigenvalue weighted by molar-refractivity contribution is 6.01. The maximum atomic E-state index is 12.5. The summed E-state index contributed by atoms with van der Waals surface area (Å²) in [6, 6.07) is 14.5. The van der Waals surface area contributed by atoms with Gasteiger partial charge in [0.1, 0.15) is 5.75 Å². The van der Waals surface area contributed by atoms with Crippen molar-refractivity contribution in [3.63, 3.8) is 0 Å². The molecular formula is C19H19N3O5. The van der Waals surface area contributed by atoms with E-state index in [-0.39, 0.29) is 19.8 Å². The molecule has 0 saturated heterocycles. The van der Waals surface area contributed by atoms with E-state index >= 15 is 0 Å². The molecule has 0 radical (unpaired) electrons. The SMILES string of the molecule is COC(=O)COc1ccc(N(CCO)C(=O)Nc2ccc(C#N)cc2)cc1. The number of hydrogen-bond acceptors (Lipinski definition) is 6. The van der Waals surface area contributed by atoms with Gasteiger partial charge in [0.05, 0.1) is 31.9 Å². The summed E-state index contributed by atoms with van der Waals surface area (Å²) in [4.78, 5) is 25.0. The van der Waals surface area contributed by atoms with Gasteiger partial charge in [-0.05, 0) is 48.5 Å². The number of nitrogens with one attached hydrogen (secondary N) is 1. The van der Waals surface area contributed by atoms with Gasteiger partial charge >= 0.3 is 12.0 Å². The van der Waals surface area contributed by atoms with E-state index in [1.807, 2.05) is 6.07 Å². The second kappa shape index (κ2) is 9.79. The van der Waals surface area contributed by atoms with Crippen molar-refractivity contribution in [1.29, 1.82) is 5.26 Å². The minimum atomic E-state index is -0.497. The van der Waals surface area contributed by atoms with E-state index in [4.69, 9.17) is 10.00 Å². The standard InChI is InChI=1S/C19H19N3O5/c1-26-18(24)13-27-17-8-6-16(7-9-17)22(10-11-23)19(25)21-15-4-2-14(12-20)3-5-15/h2-9,23H,10-11,13H2,1H3,(H,21,25). The number of esters is 1. The second-order valence-electron chi connectivity index (χ2n) is 5.35. The molecule has 140 valence electrons. The van der Waals surface area contributed by atoms with E-state index < -0.39 is 12.0 Å². The largest absolute Gasteiger partial charge is 0.482 e. The van der Waals surface area contributed by atoms with Crippen LogP contribution < -0.4 is 15.0 Å². The molecule has 0 aliphatic heterocycles. The van der Waals surface area contributed by atoms with Crippen LogP contribution in [0.25, 0.3) is 0 Å². The van der Waals surface area contributed by atoms with Crippen LogP contribution in [0.5, 0.6) is 5.75 Å². The van der Waals surface area contributed by atoms with Crippen molar-refractivity contribution >= 4 is 23.4 Å². The molecule has 2 aromatic rings. The van der Waals surface area contributed by atoms with Gasteiger partial charge in [-0.15, -0.1) is 0 Å². The molecule has 0 spiro atoms. The first kappa shape index (κ1) is 19.8. The van der Waals surface area contributed by atoms with E-state index in [1.165, 1.54) is 12.0 Å². The first-order chi connectivity index (χ1) is 13.1. The van der Waals surface area contributed by atoms with E-state index in [0.29, 0.717) is 22.7 Å². The summed E-state index contributed by atoms with van der Waals surface area (Å²) in [5, 5.41) is 20.8. The van der Waals surface area contributed by atoms with Crippen LogP contribution in [0.4, 0.5) is 16.2 Å². The zero-order valence-corrected chi connectivity index (χ0v) is 14.7. The van der Waals surface area contributed by atoms with Crippen LogP contribution >= 0.6 is 0 Å². The van der Waals surface area contributed by atoms with Gasteiger partial charge in [0.15, 0.2) is 6.61 Å². The number of rotatable bonds is 7. The Bertz CT molecular complexity index is 813. The predicted octanol–water partition coefficient (Wildman–Crippen LogP) is 2.14. The molecule has 27 heavy (non-hydrogen) atoms. The van der Waals surface area contributed by atoms with Crippen LogP contribution in [0.1, 0.15) is 5.56 Å². The van der Waals surface area contributed by atoms with Crippen LogP contribution in [-0.2, 0) is 9.53 Å². The number of nitriles is 1. The van der Waals surface area contributed by atoms with Crippen LogP contribution in [0.2, 0.25) is 0 Å². The third kappa shape index (κ3) is 5.73. The maximum Gasteiger partial charge on any atom is 0.343 e. The summed E-state index contributed by atoms with van der Waals surface area (Å²) < 4.78 is 9.76. The molecule has 0 unspecified atom stereocenters. The number of methoxy groups -OCH3 is 1. The van der Waals surface area contributed by atoms with Crippen LogP contribution in [0, 0.1) is 11.3 Å². The van der Waals surface area contributed by atoms with Crippen molar-refractivity contribution in [3.8, 4) is 11.8 Å². The van der Waals surface area contributed by atoms with Crippen molar-refractivity contribution in [1.82, 2.24) is 0 Å². The van der Waals surface area contributed by atoms with Gasteiger partial charge in [-0.1, -0.05) is 0 Å². The number of anilines is 2. The number of aliphatic hydroxyl groups excluding tert-OH is 1. The molecule has 2 aromatic carbocycles. The number of amides is 2. The Morgan fingerprint density at radius 2 is 1.81 bits per heavy atom. The molecule has 2 rings (SSSR count). The predicted molar refractivity (Wildman–Crippen MR) is 98.6 cm³/mol. The zero-order valence-electron chi connectivity index (χ0n) is 14.7. The number of hydrogen-bond donors (Lipinski definition) is 2. The summed E-state index contributed by atoms with van der Waals surface area (Å²) in [6.45, 7) is -0.346. The highest BCUT2D eigenvalue weighted by Gasteiger charge is 2.16. The molecule has 0 aliphatic carbocycles. The van der Waals surface area contributed by atoms with Gasteiger partial charge in [0.2, 0.25) is 0 Å². The Morgan fingerprint density at radius 3 is 2.37 bits per heavy atom. The number of nitrogens with zero attached hydrogens (tertiary/aromatic N) is 2. The fourth-order valence-corrected chi connectivity index (χ4v) is 2.19. The van der Waals surface area contributed by atoms with Crippen molar-refractivity contribution in [2.24, 2.45) is 0 Å². The van der Waals surface area contributed by atoms with E-state index in [0.717, 1.165) is 0 Å². The van der Waals surface area contributed by atoms with Gasteiger partial charge < -0.3 is 19.9 Å². The summed E-state index contributed by atoms with van der Waals surface area (Å²) in [5.74, 6) is -0.0524. The van der Waals surface area contributed by atoms with Crippen molar-refractivity contribution in [3.05, 3.63) is 54.1 Å². The Hall–Kier alpha value is -3.57.